The second-order valence-corrected chi connectivity index (χ2v) is 7.09. The van der Waals surface area contributed by atoms with E-state index in [1.165, 1.54) is 5.56 Å². The molecule has 1 N–H and O–H groups in total. The molecule has 0 bridgehead atoms. The van der Waals surface area contributed by atoms with Crippen LogP contribution in [0.15, 0.2) is 60.7 Å². The second kappa shape index (κ2) is 9.19. The van der Waals surface area contributed by atoms with Gasteiger partial charge in [-0.1, -0.05) is 30.3 Å². The molecule has 1 aromatic heterocycles. The number of rotatable bonds is 7. The van der Waals surface area contributed by atoms with Crippen molar-refractivity contribution >= 4 is 23.2 Å². The first-order valence-electron chi connectivity index (χ1n) is 9.69. The zero-order chi connectivity index (χ0) is 20.8. The molecular formula is C23H27N5O. The number of nitrogens with zero attached hydrogens (tertiary/aromatic N) is 4. The Morgan fingerprint density at radius 2 is 1.69 bits per heavy atom. The zero-order valence-corrected chi connectivity index (χ0v) is 17.4. The molecule has 1 amide bonds. The first kappa shape index (κ1) is 20.3. The molecular weight excluding hydrogens is 362 g/mol. The highest BCUT2D eigenvalue weighted by Gasteiger charge is 2.15. The predicted molar refractivity (Wildman–Crippen MR) is 119 cm³/mol. The van der Waals surface area contributed by atoms with Gasteiger partial charge in [0.1, 0.15) is 5.69 Å². The van der Waals surface area contributed by atoms with Crippen molar-refractivity contribution in [3.63, 3.8) is 0 Å². The zero-order valence-electron chi connectivity index (χ0n) is 17.4. The van der Waals surface area contributed by atoms with E-state index < -0.39 is 0 Å². The minimum Gasteiger partial charge on any atom is -0.378 e. The van der Waals surface area contributed by atoms with Crippen molar-refractivity contribution in [2.75, 3.05) is 35.8 Å². The van der Waals surface area contributed by atoms with E-state index in [9.17, 15) is 4.79 Å². The van der Waals surface area contributed by atoms with Crippen LogP contribution in [0.3, 0.4) is 0 Å². The second-order valence-electron chi connectivity index (χ2n) is 7.09. The van der Waals surface area contributed by atoms with Crippen LogP contribution in [0.2, 0.25) is 0 Å². The van der Waals surface area contributed by atoms with Gasteiger partial charge in [-0.25, -0.2) is 9.97 Å². The summed E-state index contributed by atoms with van der Waals surface area (Å²) in [5.41, 5.74) is 4.09. The maximum atomic E-state index is 12.8. The summed E-state index contributed by atoms with van der Waals surface area (Å²) in [5, 5.41) is 2.92. The van der Waals surface area contributed by atoms with Gasteiger partial charge in [0.05, 0.1) is 0 Å². The molecule has 150 valence electrons. The Hall–Kier alpha value is -3.41. The molecule has 0 aliphatic heterocycles. The molecule has 0 saturated carbocycles. The molecule has 0 fully saturated rings. The number of anilines is 3. The largest absolute Gasteiger partial charge is 0.378 e. The maximum Gasteiger partial charge on any atom is 0.274 e. The number of carbonyl (C=O) groups is 1. The van der Waals surface area contributed by atoms with Crippen molar-refractivity contribution in [1.29, 1.82) is 0 Å². The Labute approximate surface area is 172 Å². The Kier molecular flexibility index (Phi) is 6.44. The average molecular weight is 390 g/mol. The van der Waals surface area contributed by atoms with Crippen molar-refractivity contribution in [2.24, 2.45) is 0 Å². The van der Waals surface area contributed by atoms with Gasteiger partial charge in [-0.15, -0.1) is 0 Å². The van der Waals surface area contributed by atoms with Crippen LogP contribution in [-0.4, -0.2) is 36.5 Å². The Morgan fingerprint density at radius 3 is 2.31 bits per heavy atom. The standard InChI is InChI=1S/C23H27N5O/c1-5-28(16-18-9-7-6-8-10-18)23-24-17(2)15-21(26-23)22(29)25-19-11-13-20(14-12-19)27(3)4/h6-15H,5,16H2,1-4H3,(H,25,29). The summed E-state index contributed by atoms with van der Waals surface area (Å²) in [6, 6.07) is 19.6. The maximum absolute atomic E-state index is 12.8. The quantitative estimate of drug-likeness (QED) is 0.658. The summed E-state index contributed by atoms with van der Waals surface area (Å²) in [5.74, 6) is 0.314. The highest BCUT2D eigenvalue weighted by molar-refractivity contribution is 6.03. The minimum atomic E-state index is -0.245. The normalized spacial score (nSPS) is 10.5. The fraction of sp³-hybridized carbons (Fsp3) is 0.261. The highest BCUT2D eigenvalue weighted by atomic mass is 16.1. The van der Waals surface area contributed by atoms with Crippen LogP contribution in [0.25, 0.3) is 0 Å². The van der Waals surface area contributed by atoms with Gasteiger partial charge >= 0.3 is 0 Å². The fourth-order valence-electron chi connectivity index (χ4n) is 2.98. The van der Waals surface area contributed by atoms with Crippen LogP contribution < -0.4 is 15.1 Å². The van der Waals surface area contributed by atoms with E-state index in [-0.39, 0.29) is 5.91 Å². The lowest BCUT2D eigenvalue weighted by Gasteiger charge is -2.21. The van der Waals surface area contributed by atoms with Crippen molar-refractivity contribution in [3.8, 4) is 0 Å². The summed E-state index contributed by atoms with van der Waals surface area (Å²) in [6.07, 6.45) is 0. The molecule has 1 heterocycles. The SMILES string of the molecule is CCN(Cc1ccccc1)c1nc(C)cc(C(=O)Nc2ccc(N(C)C)cc2)n1. The monoisotopic (exact) mass is 389 g/mol. The first-order chi connectivity index (χ1) is 14.0. The number of aromatic nitrogens is 2. The van der Waals surface area contributed by atoms with E-state index in [0.717, 1.165) is 23.6 Å². The van der Waals surface area contributed by atoms with Gasteiger partial charge in [0.25, 0.3) is 5.91 Å². The average Bonchev–Trinajstić information content (AvgIpc) is 2.72. The molecule has 3 rings (SSSR count). The number of amides is 1. The molecule has 0 aliphatic rings. The van der Waals surface area contributed by atoms with Gasteiger partial charge in [-0.05, 0) is 49.7 Å². The number of hydrogen-bond donors (Lipinski definition) is 1. The fourth-order valence-corrected chi connectivity index (χ4v) is 2.98. The number of nitrogens with one attached hydrogen (secondary N) is 1. The molecule has 29 heavy (non-hydrogen) atoms. The number of hydrogen-bond acceptors (Lipinski definition) is 5. The summed E-state index contributed by atoms with van der Waals surface area (Å²) in [6.45, 7) is 5.37. The lowest BCUT2D eigenvalue weighted by atomic mass is 10.2. The van der Waals surface area contributed by atoms with Crippen molar-refractivity contribution < 1.29 is 4.79 Å². The lowest BCUT2D eigenvalue weighted by molar-refractivity contribution is 0.102. The first-order valence-corrected chi connectivity index (χ1v) is 9.69. The molecule has 0 atom stereocenters. The third kappa shape index (κ3) is 5.31. The Bertz CT molecular complexity index is 955. The molecule has 0 saturated heterocycles. The van der Waals surface area contributed by atoms with Crippen LogP contribution in [0.5, 0.6) is 0 Å². The number of carbonyl (C=O) groups excluding carboxylic acids is 1. The smallest absolute Gasteiger partial charge is 0.274 e. The van der Waals surface area contributed by atoms with Gasteiger partial charge in [-0.2, -0.15) is 0 Å². The molecule has 0 spiro atoms. The van der Waals surface area contributed by atoms with Gasteiger partial charge in [0, 0.05) is 44.3 Å². The highest BCUT2D eigenvalue weighted by Crippen LogP contribution is 2.18. The van der Waals surface area contributed by atoms with E-state index in [1.54, 1.807) is 6.07 Å². The summed E-state index contributed by atoms with van der Waals surface area (Å²) in [4.78, 5) is 25.9. The van der Waals surface area contributed by atoms with Crippen LogP contribution >= 0.6 is 0 Å². The lowest BCUT2D eigenvalue weighted by Crippen LogP contribution is -2.26. The topological polar surface area (TPSA) is 61.4 Å². The minimum absolute atomic E-state index is 0.245. The van der Waals surface area contributed by atoms with Gasteiger partial charge in [-0.3, -0.25) is 4.79 Å². The summed E-state index contributed by atoms with van der Waals surface area (Å²) >= 11 is 0. The molecule has 0 unspecified atom stereocenters. The van der Waals surface area contributed by atoms with E-state index >= 15 is 0 Å². The van der Waals surface area contributed by atoms with E-state index in [2.05, 4.69) is 39.2 Å². The van der Waals surface area contributed by atoms with Gasteiger partial charge < -0.3 is 15.1 Å². The molecule has 0 aliphatic carbocycles. The van der Waals surface area contributed by atoms with Gasteiger partial charge in [0.15, 0.2) is 0 Å². The number of aryl methyl sites for hydroxylation is 1. The Morgan fingerprint density at radius 1 is 1.00 bits per heavy atom. The summed E-state index contributed by atoms with van der Waals surface area (Å²) in [7, 11) is 3.96. The van der Waals surface area contributed by atoms with Crippen molar-refractivity contribution in [2.45, 2.75) is 20.4 Å². The third-order valence-electron chi connectivity index (χ3n) is 4.60. The molecule has 2 aromatic carbocycles. The molecule has 6 heteroatoms. The van der Waals surface area contributed by atoms with Crippen molar-refractivity contribution in [1.82, 2.24) is 9.97 Å². The van der Waals surface area contributed by atoms with Crippen LogP contribution in [-0.2, 0) is 6.54 Å². The van der Waals surface area contributed by atoms with Crippen LogP contribution in [0, 0.1) is 6.92 Å². The van der Waals surface area contributed by atoms with Crippen LogP contribution in [0.4, 0.5) is 17.3 Å². The summed E-state index contributed by atoms with van der Waals surface area (Å²) < 4.78 is 0. The third-order valence-corrected chi connectivity index (χ3v) is 4.60. The molecule has 6 nitrogen and oxygen atoms in total. The Balaban J connectivity index is 1.79. The van der Waals surface area contributed by atoms with E-state index in [1.807, 2.05) is 68.4 Å². The molecule has 0 radical (unpaired) electrons. The van der Waals surface area contributed by atoms with Crippen molar-refractivity contribution in [3.05, 3.63) is 77.6 Å². The van der Waals surface area contributed by atoms with Gasteiger partial charge in [0.2, 0.25) is 5.95 Å². The van der Waals surface area contributed by atoms with Crippen LogP contribution in [0.1, 0.15) is 28.7 Å². The molecule has 3 aromatic rings. The number of benzene rings is 2. The predicted octanol–water partition coefficient (Wildman–Crippen LogP) is 4.13. The van der Waals surface area contributed by atoms with E-state index in [0.29, 0.717) is 18.2 Å². The van der Waals surface area contributed by atoms with E-state index in [4.69, 9.17) is 0 Å².